The van der Waals surface area contributed by atoms with Gasteiger partial charge in [0, 0.05) is 18.4 Å². The number of nitrogens with one attached hydrogen (secondary N) is 2. The number of nitrogens with zero attached hydrogens (tertiary/aromatic N) is 1. The summed E-state index contributed by atoms with van der Waals surface area (Å²) >= 11 is 0. The number of hydrogen-bond donors (Lipinski definition) is 4. The highest BCUT2D eigenvalue weighted by Crippen LogP contribution is 2.02. The molecular weight excluding hydrogens is 170 g/mol. The molecule has 1 rings (SSSR count). The van der Waals surface area contributed by atoms with E-state index >= 15 is 0 Å². The van der Waals surface area contributed by atoms with Crippen LogP contribution in [0.15, 0.2) is 12.3 Å². The van der Waals surface area contributed by atoms with Gasteiger partial charge in [-0.1, -0.05) is 0 Å². The maximum atomic E-state index is 8.97. The van der Waals surface area contributed by atoms with Crippen LogP contribution in [0.4, 0.5) is 0 Å². The second-order valence-electron chi connectivity index (χ2n) is 3.31. The summed E-state index contributed by atoms with van der Waals surface area (Å²) in [6, 6.07) is 1.84. The van der Waals surface area contributed by atoms with E-state index in [-0.39, 0.29) is 13.2 Å². The molecule has 5 heteroatoms. The second-order valence-corrected chi connectivity index (χ2v) is 3.31. The summed E-state index contributed by atoms with van der Waals surface area (Å²) in [5, 5.41) is 27.5. The molecule has 0 radical (unpaired) electrons. The Labute approximate surface area is 76.8 Å². The molecule has 5 nitrogen and oxygen atoms in total. The van der Waals surface area contributed by atoms with Gasteiger partial charge in [-0.15, -0.1) is 0 Å². The molecule has 0 spiro atoms. The lowest BCUT2D eigenvalue weighted by Gasteiger charge is -2.25. The van der Waals surface area contributed by atoms with Crippen LogP contribution in [-0.4, -0.2) is 39.2 Å². The lowest BCUT2D eigenvalue weighted by atomic mass is 10.1. The molecule has 0 aromatic carbocycles. The van der Waals surface area contributed by atoms with Gasteiger partial charge < -0.3 is 15.5 Å². The molecule has 74 valence electrons. The Bertz CT molecular complexity index is 232. The van der Waals surface area contributed by atoms with Crippen LogP contribution in [0.25, 0.3) is 0 Å². The van der Waals surface area contributed by atoms with Crippen molar-refractivity contribution in [2.45, 2.75) is 19.0 Å². The van der Waals surface area contributed by atoms with E-state index in [2.05, 4.69) is 15.5 Å². The van der Waals surface area contributed by atoms with Crippen molar-refractivity contribution in [3.8, 4) is 0 Å². The maximum absolute atomic E-state index is 8.97. The van der Waals surface area contributed by atoms with E-state index in [9.17, 15) is 0 Å². The van der Waals surface area contributed by atoms with Crippen LogP contribution in [0.5, 0.6) is 0 Å². The number of H-pyrrole nitrogens is 1. The van der Waals surface area contributed by atoms with E-state index in [1.54, 1.807) is 13.1 Å². The summed E-state index contributed by atoms with van der Waals surface area (Å²) in [6.45, 7) is 2.11. The van der Waals surface area contributed by atoms with Gasteiger partial charge in [0.25, 0.3) is 0 Å². The molecule has 0 unspecified atom stereocenters. The predicted octanol–water partition coefficient (Wildman–Crippen LogP) is -0.757. The average molecular weight is 185 g/mol. The van der Waals surface area contributed by atoms with Gasteiger partial charge in [-0.25, -0.2) is 0 Å². The fraction of sp³-hybridized carbons (Fsp3) is 0.625. The molecule has 0 aliphatic rings. The smallest absolute Gasteiger partial charge is 0.0633 e. The molecule has 0 bridgehead atoms. The minimum atomic E-state index is -0.634. The zero-order chi connectivity index (χ0) is 9.73. The summed E-state index contributed by atoms with van der Waals surface area (Å²) in [5.41, 5.74) is 0.290. The van der Waals surface area contributed by atoms with E-state index in [0.29, 0.717) is 6.54 Å². The van der Waals surface area contributed by atoms with Crippen molar-refractivity contribution in [2.24, 2.45) is 0 Å². The molecule has 13 heavy (non-hydrogen) atoms. The second kappa shape index (κ2) is 4.36. The highest BCUT2D eigenvalue weighted by molar-refractivity contribution is 4.98. The molecule has 4 N–H and O–H groups in total. The Balaban J connectivity index is 2.41. The minimum absolute atomic E-state index is 0.0996. The van der Waals surface area contributed by atoms with E-state index < -0.39 is 5.54 Å². The Kier molecular flexibility index (Phi) is 3.41. The number of rotatable bonds is 5. The zero-order valence-electron chi connectivity index (χ0n) is 7.62. The first-order chi connectivity index (χ1) is 6.20. The van der Waals surface area contributed by atoms with Crippen molar-refractivity contribution in [3.63, 3.8) is 0 Å². The third kappa shape index (κ3) is 2.80. The third-order valence-electron chi connectivity index (χ3n) is 1.96. The first-order valence-corrected chi connectivity index (χ1v) is 4.15. The van der Waals surface area contributed by atoms with E-state index in [4.69, 9.17) is 10.2 Å². The number of hydrogen-bond acceptors (Lipinski definition) is 4. The van der Waals surface area contributed by atoms with Crippen molar-refractivity contribution in [1.29, 1.82) is 0 Å². The van der Waals surface area contributed by atoms with Gasteiger partial charge >= 0.3 is 0 Å². The lowest BCUT2D eigenvalue weighted by Crippen LogP contribution is -2.48. The quantitative estimate of drug-likeness (QED) is 0.486. The summed E-state index contributed by atoms with van der Waals surface area (Å²) in [4.78, 5) is 0. The summed E-state index contributed by atoms with van der Waals surface area (Å²) < 4.78 is 0. The Hall–Kier alpha value is -0.910. The van der Waals surface area contributed by atoms with Crippen LogP contribution < -0.4 is 5.32 Å². The van der Waals surface area contributed by atoms with Crippen molar-refractivity contribution in [3.05, 3.63) is 18.0 Å². The first kappa shape index (κ1) is 10.2. The van der Waals surface area contributed by atoms with Gasteiger partial charge in [0.2, 0.25) is 0 Å². The van der Waals surface area contributed by atoms with Crippen LogP contribution in [0.3, 0.4) is 0 Å². The number of aromatic nitrogens is 2. The molecule has 0 saturated heterocycles. The SMILES string of the molecule is CC(CO)(CO)NCc1ccn[nH]1. The van der Waals surface area contributed by atoms with Gasteiger partial charge in [-0.3, -0.25) is 5.10 Å². The Morgan fingerprint density at radius 1 is 1.54 bits per heavy atom. The summed E-state index contributed by atoms with van der Waals surface area (Å²) in [7, 11) is 0. The van der Waals surface area contributed by atoms with Crippen LogP contribution in [0.2, 0.25) is 0 Å². The Morgan fingerprint density at radius 2 is 2.23 bits per heavy atom. The molecule has 0 aliphatic heterocycles. The van der Waals surface area contributed by atoms with Crippen LogP contribution in [0.1, 0.15) is 12.6 Å². The lowest BCUT2D eigenvalue weighted by molar-refractivity contribution is 0.103. The highest BCUT2D eigenvalue weighted by atomic mass is 16.3. The molecular formula is C8H15N3O2. The third-order valence-corrected chi connectivity index (χ3v) is 1.96. The van der Waals surface area contributed by atoms with Gasteiger partial charge in [0.1, 0.15) is 0 Å². The van der Waals surface area contributed by atoms with Crippen LogP contribution in [0, 0.1) is 0 Å². The van der Waals surface area contributed by atoms with Gasteiger partial charge in [-0.2, -0.15) is 5.10 Å². The molecule has 0 amide bonds. The topological polar surface area (TPSA) is 81.2 Å². The van der Waals surface area contributed by atoms with Crippen LogP contribution in [-0.2, 0) is 6.54 Å². The summed E-state index contributed by atoms with van der Waals surface area (Å²) in [6.07, 6.45) is 1.66. The van der Waals surface area contributed by atoms with Gasteiger partial charge in [0.05, 0.1) is 18.8 Å². The maximum Gasteiger partial charge on any atom is 0.0633 e. The van der Waals surface area contributed by atoms with Crippen LogP contribution >= 0.6 is 0 Å². The van der Waals surface area contributed by atoms with E-state index in [0.717, 1.165) is 5.69 Å². The summed E-state index contributed by atoms with van der Waals surface area (Å²) in [5.74, 6) is 0. The normalized spacial score (nSPS) is 11.9. The van der Waals surface area contributed by atoms with Gasteiger partial charge in [-0.05, 0) is 13.0 Å². The molecule has 0 aliphatic carbocycles. The van der Waals surface area contributed by atoms with E-state index in [1.165, 1.54) is 0 Å². The molecule has 0 saturated carbocycles. The Morgan fingerprint density at radius 3 is 2.69 bits per heavy atom. The molecule has 1 aromatic rings. The molecule has 0 atom stereocenters. The van der Waals surface area contributed by atoms with Crippen molar-refractivity contribution in [1.82, 2.24) is 15.5 Å². The molecule has 1 aromatic heterocycles. The van der Waals surface area contributed by atoms with Crippen molar-refractivity contribution >= 4 is 0 Å². The van der Waals surface area contributed by atoms with Crippen molar-refractivity contribution in [2.75, 3.05) is 13.2 Å². The molecule has 0 fully saturated rings. The fourth-order valence-corrected chi connectivity index (χ4v) is 0.854. The first-order valence-electron chi connectivity index (χ1n) is 4.15. The monoisotopic (exact) mass is 185 g/mol. The number of aliphatic hydroxyl groups is 2. The molecule has 1 heterocycles. The van der Waals surface area contributed by atoms with Gasteiger partial charge in [0.15, 0.2) is 0 Å². The number of aromatic amines is 1. The highest BCUT2D eigenvalue weighted by Gasteiger charge is 2.20. The standard InChI is InChI=1S/C8H15N3O2/c1-8(5-12,6-13)9-4-7-2-3-10-11-7/h2-3,9,12-13H,4-6H2,1H3,(H,10,11). The van der Waals surface area contributed by atoms with Crippen molar-refractivity contribution < 1.29 is 10.2 Å². The fourth-order valence-electron chi connectivity index (χ4n) is 0.854. The average Bonchev–Trinajstić information content (AvgIpc) is 2.67. The van der Waals surface area contributed by atoms with E-state index in [1.807, 2.05) is 6.07 Å². The zero-order valence-corrected chi connectivity index (χ0v) is 7.62. The largest absolute Gasteiger partial charge is 0.394 e. The minimum Gasteiger partial charge on any atom is -0.394 e. The number of aliphatic hydroxyl groups excluding tert-OH is 2. The predicted molar refractivity (Wildman–Crippen MR) is 48.0 cm³/mol.